The van der Waals surface area contributed by atoms with Crippen molar-refractivity contribution in [3.63, 3.8) is 0 Å². The zero-order chi connectivity index (χ0) is 14.9. The molecule has 1 amide bonds. The third-order valence-corrected chi connectivity index (χ3v) is 5.59. The van der Waals surface area contributed by atoms with E-state index in [2.05, 4.69) is 20.4 Å². The molecule has 4 heterocycles. The molecule has 1 saturated carbocycles. The van der Waals surface area contributed by atoms with Crippen LogP contribution in [0.2, 0.25) is 0 Å². The molecular weight excluding hydrogens is 280 g/mol. The molecule has 0 spiro atoms. The summed E-state index contributed by atoms with van der Waals surface area (Å²) in [6.45, 7) is 4.46. The lowest BCUT2D eigenvalue weighted by atomic mass is 9.83. The van der Waals surface area contributed by atoms with Gasteiger partial charge in [-0.05, 0) is 47.9 Å². The molecule has 5 rings (SSSR count). The van der Waals surface area contributed by atoms with Crippen LogP contribution in [0.4, 0.5) is 0 Å². The quantitative estimate of drug-likeness (QED) is 0.805. The Kier molecular flexibility index (Phi) is 3.82. The third-order valence-electron chi connectivity index (χ3n) is 5.59. The molecule has 3 saturated heterocycles. The maximum absolute atomic E-state index is 12.5. The van der Waals surface area contributed by atoms with E-state index in [4.69, 9.17) is 0 Å². The summed E-state index contributed by atoms with van der Waals surface area (Å²) in [6.07, 6.45) is 8.22. The molecule has 1 aliphatic carbocycles. The number of rotatable bonds is 4. The largest absolute Gasteiger partial charge is 0.339 e. The molecule has 0 unspecified atom stereocenters. The summed E-state index contributed by atoms with van der Waals surface area (Å²) in [5.74, 6) is 1.69. The van der Waals surface area contributed by atoms with E-state index in [1.807, 2.05) is 4.90 Å². The van der Waals surface area contributed by atoms with Crippen LogP contribution in [-0.2, 0) is 11.3 Å². The first-order valence-corrected chi connectivity index (χ1v) is 8.50. The van der Waals surface area contributed by atoms with Crippen molar-refractivity contribution in [2.75, 3.05) is 26.2 Å². The number of amides is 1. The molecule has 7 heteroatoms. The molecule has 0 radical (unpaired) electrons. The number of fused-ring (bicyclic) bond motifs is 4. The van der Waals surface area contributed by atoms with Crippen LogP contribution in [0, 0.1) is 11.8 Å². The van der Waals surface area contributed by atoms with E-state index in [0.717, 1.165) is 19.0 Å². The lowest BCUT2D eigenvalue weighted by Crippen LogP contribution is -2.47. The maximum Gasteiger partial charge on any atom is 0.244 e. The molecule has 0 aromatic carbocycles. The highest BCUT2D eigenvalue weighted by Crippen LogP contribution is 2.33. The summed E-state index contributed by atoms with van der Waals surface area (Å²) in [4.78, 5) is 17.2. The van der Waals surface area contributed by atoms with Crippen molar-refractivity contribution in [3.8, 4) is 0 Å². The average Bonchev–Trinajstić information content (AvgIpc) is 2.80. The predicted octanol–water partition coefficient (Wildman–Crippen LogP) is 0.396. The summed E-state index contributed by atoms with van der Waals surface area (Å²) in [5, 5.41) is 11.0. The SMILES string of the molecule is O=C(Cn1cnnn1)N1C[C@@H]2CC[C@H](C1)N(CC1CCC1)C2. The Hall–Kier alpha value is -1.50. The molecule has 120 valence electrons. The van der Waals surface area contributed by atoms with Crippen molar-refractivity contribution >= 4 is 5.91 Å². The smallest absolute Gasteiger partial charge is 0.244 e. The summed E-state index contributed by atoms with van der Waals surface area (Å²) < 4.78 is 1.52. The van der Waals surface area contributed by atoms with Crippen molar-refractivity contribution in [2.45, 2.75) is 44.7 Å². The van der Waals surface area contributed by atoms with Gasteiger partial charge in [-0.25, -0.2) is 4.68 Å². The van der Waals surface area contributed by atoms with Gasteiger partial charge in [0, 0.05) is 32.2 Å². The van der Waals surface area contributed by atoms with Crippen molar-refractivity contribution in [3.05, 3.63) is 6.33 Å². The molecule has 2 atom stereocenters. The molecule has 0 N–H and O–H groups in total. The third kappa shape index (κ3) is 2.86. The van der Waals surface area contributed by atoms with Crippen molar-refractivity contribution in [2.24, 2.45) is 11.8 Å². The van der Waals surface area contributed by atoms with Gasteiger partial charge in [0.2, 0.25) is 5.91 Å². The van der Waals surface area contributed by atoms with Crippen LogP contribution in [0.3, 0.4) is 0 Å². The molecule has 1 aromatic rings. The lowest BCUT2D eigenvalue weighted by molar-refractivity contribution is -0.132. The van der Waals surface area contributed by atoms with E-state index in [-0.39, 0.29) is 12.5 Å². The van der Waals surface area contributed by atoms with Crippen LogP contribution >= 0.6 is 0 Å². The van der Waals surface area contributed by atoms with Gasteiger partial charge in [0.25, 0.3) is 0 Å². The van der Waals surface area contributed by atoms with Gasteiger partial charge in [-0.1, -0.05) is 6.42 Å². The van der Waals surface area contributed by atoms with Gasteiger partial charge in [-0.15, -0.1) is 5.10 Å². The first kappa shape index (κ1) is 14.1. The molecule has 4 fully saturated rings. The van der Waals surface area contributed by atoms with Gasteiger partial charge in [0.1, 0.15) is 12.9 Å². The van der Waals surface area contributed by atoms with E-state index < -0.39 is 0 Å². The van der Waals surface area contributed by atoms with Gasteiger partial charge < -0.3 is 4.90 Å². The van der Waals surface area contributed by atoms with E-state index >= 15 is 0 Å². The second kappa shape index (κ2) is 5.95. The van der Waals surface area contributed by atoms with E-state index in [1.54, 1.807) is 0 Å². The number of hydrogen-bond acceptors (Lipinski definition) is 5. The minimum atomic E-state index is 0.148. The normalized spacial score (nSPS) is 29.4. The first-order valence-electron chi connectivity index (χ1n) is 8.50. The monoisotopic (exact) mass is 304 g/mol. The molecule has 1 aromatic heterocycles. The number of carbonyl (C=O) groups is 1. The van der Waals surface area contributed by atoms with Crippen molar-refractivity contribution in [1.82, 2.24) is 30.0 Å². The second-order valence-electron chi connectivity index (χ2n) is 7.15. The summed E-state index contributed by atoms with van der Waals surface area (Å²) >= 11 is 0. The highest BCUT2D eigenvalue weighted by Gasteiger charge is 2.37. The maximum atomic E-state index is 12.5. The van der Waals surface area contributed by atoms with Crippen molar-refractivity contribution < 1.29 is 4.79 Å². The van der Waals surface area contributed by atoms with E-state index in [0.29, 0.717) is 12.0 Å². The highest BCUT2D eigenvalue weighted by atomic mass is 16.2. The average molecular weight is 304 g/mol. The Morgan fingerprint density at radius 1 is 1.14 bits per heavy atom. The Bertz CT molecular complexity index is 514. The van der Waals surface area contributed by atoms with Crippen LogP contribution in [0.15, 0.2) is 6.33 Å². The minimum absolute atomic E-state index is 0.148. The molecule has 3 aliphatic heterocycles. The van der Waals surface area contributed by atoms with Crippen LogP contribution in [0.1, 0.15) is 32.1 Å². The Morgan fingerprint density at radius 2 is 2.05 bits per heavy atom. The minimum Gasteiger partial charge on any atom is -0.339 e. The summed E-state index contributed by atoms with van der Waals surface area (Å²) in [6, 6.07) is 0.553. The number of aromatic nitrogens is 4. The lowest BCUT2D eigenvalue weighted by Gasteiger charge is -2.40. The van der Waals surface area contributed by atoms with Crippen LogP contribution in [0.5, 0.6) is 0 Å². The fraction of sp³-hybridized carbons (Fsp3) is 0.867. The van der Waals surface area contributed by atoms with Gasteiger partial charge in [-0.3, -0.25) is 9.69 Å². The van der Waals surface area contributed by atoms with Crippen LogP contribution in [-0.4, -0.2) is 68.1 Å². The number of piperidine rings is 1. The molecule has 4 aliphatic rings. The van der Waals surface area contributed by atoms with Gasteiger partial charge in [0.05, 0.1) is 0 Å². The van der Waals surface area contributed by atoms with E-state index in [1.165, 1.54) is 56.2 Å². The van der Waals surface area contributed by atoms with Gasteiger partial charge in [0.15, 0.2) is 0 Å². The molecular formula is C15H24N6O. The Labute approximate surface area is 130 Å². The fourth-order valence-electron chi connectivity index (χ4n) is 4.10. The number of tetrazole rings is 1. The standard InChI is InChI=1S/C15H24N6O/c22-15(10-21-11-16-17-18-21)20-8-13-4-5-14(9-20)19(7-13)6-12-2-1-3-12/h11-14H,1-10H2/t13-,14-/m1/s1. The zero-order valence-corrected chi connectivity index (χ0v) is 13.0. The van der Waals surface area contributed by atoms with Gasteiger partial charge >= 0.3 is 0 Å². The molecule has 2 bridgehead atoms. The first-order chi connectivity index (χ1) is 10.8. The Morgan fingerprint density at radius 3 is 2.77 bits per heavy atom. The molecule has 7 nitrogen and oxygen atoms in total. The fourth-order valence-corrected chi connectivity index (χ4v) is 4.10. The second-order valence-corrected chi connectivity index (χ2v) is 7.15. The van der Waals surface area contributed by atoms with E-state index in [9.17, 15) is 4.79 Å². The number of nitrogens with zero attached hydrogens (tertiary/aromatic N) is 6. The summed E-state index contributed by atoms with van der Waals surface area (Å²) in [5.41, 5.74) is 0. The number of carbonyl (C=O) groups excluding carboxylic acids is 1. The zero-order valence-electron chi connectivity index (χ0n) is 13.0. The topological polar surface area (TPSA) is 67.2 Å². The van der Waals surface area contributed by atoms with Crippen LogP contribution < -0.4 is 0 Å². The summed E-state index contributed by atoms with van der Waals surface area (Å²) in [7, 11) is 0. The van der Waals surface area contributed by atoms with Gasteiger partial charge in [-0.2, -0.15) is 0 Å². The number of hydrogen-bond donors (Lipinski definition) is 0. The Balaban J connectivity index is 1.40. The highest BCUT2D eigenvalue weighted by molar-refractivity contribution is 5.76. The van der Waals surface area contributed by atoms with Crippen LogP contribution in [0.25, 0.3) is 0 Å². The van der Waals surface area contributed by atoms with Crippen molar-refractivity contribution in [1.29, 1.82) is 0 Å². The predicted molar refractivity (Wildman–Crippen MR) is 79.8 cm³/mol. The molecule has 22 heavy (non-hydrogen) atoms.